The molecule has 1 unspecified atom stereocenters. The molecule has 2 aromatic rings. The van der Waals surface area contributed by atoms with Crippen LogP contribution in [0.3, 0.4) is 0 Å². The standard InChI is InChI=1S/C25H35N3O6S/c1-18(2)17-34-22-6-4-20(5-7-22)24(25(29)27-30)28(16-19-12-14-26-15-13-19)35(31,32)23-10-8-21(33-3)9-11-23/h8-15,18,20,22,24,30H,4-7,16-17H2,1-3H3,(H,27,29). The summed E-state index contributed by atoms with van der Waals surface area (Å²) >= 11 is 0. The van der Waals surface area contributed by atoms with Gasteiger partial charge in [-0.05, 0) is 79.5 Å². The summed E-state index contributed by atoms with van der Waals surface area (Å²) in [5.74, 6) is -0.0845. The van der Waals surface area contributed by atoms with E-state index in [-0.39, 0.29) is 23.5 Å². The van der Waals surface area contributed by atoms with Crippen LogP contribution in [-0.4, -0.2) is 54.7 Å². The molecule has 1 amide bonds. The van der Waals surface area contributed by atoms with Crippen LogP contribution in [0.15, 0.2) is 53.7 Å². The van der Waals surface area contributed by atoms with Gasteiger partial charge in [-0.1, -0.05) is 13.8 Å². The number of pyridine rings is 1. The van der Waals surface area contributed by atoms with Crippen LogP contribution >= 0.6 is 0 Å². The highest BCUT2D eigenvalue weighted by atomic mass is 32.2. The molecule has 3 rings (SSSR count). The van der Waals surface area contributed by atoms with Gasteiger partial charge in [0.2, 0.25) is 10.0 Å². The Kier molecular flexibility index (Phi) is 9.62. The Balaban J connectivity index is 1.94. The molecule has 0 spiro atoms. The number of sulfonamides is 1. The highest BCUT2D eigenvalue weighted by Crippen LogP contribution is 2.34. The molecule has 1 aromatic carbocycles. The smallest absolute Gasteiger partial charge is 0.262 e. The van der Waals surface area contributed by atoms with E-state index >= 15 is 0 Å². The SMILES string of the molecule is COc1ccc(S(=O)(=O)N(Cc2ccncc2)C(C(=O)NO)C2CCC(OCC(C)C)CC2)cc1. The van der Waals surface area contributed by atoms with Crippen LogP contribution in [0.4, 0.5) is 0 Å². The second kappa shape index (κ2) is 12.4. The van der Waals surface area contributed by atoms with E-state index in [1.54, 1.807) is 42.1 Å². The number of ether oxygens (including phenoxy) is 2. The summed E-state index contributed by atoms with van der Waals surface area (Å²) in [6, 6.07) is 8.37. The lowest BCUT2D eigenvalue weighted by atomic mass is 9.82. The summed E-state index contributed by atoms with van der Waals surface area (Å²) in [6.07, 6.45) is 5.88. The van der Waals surface area contributed by atoms with E-state index in [0.717, 1.165) is 12.8 Å². The largest absolute Gasteiger partial charge is 0.497 e. The van der Waals surface area contributed by atoms with Crippen LogP contribution in [0.25, 0.3) is 0 Å². The fraction of sp³-hybridized carbons (Fsp3) is 0.520. The average Bonchev–Trinajstić information content (AvgIpc) is 2.88. The van der Waals surface area contributed by atoms with Crippen LogP contribution in [0, 0.1) is 11.8 Å². The number of benzene rings is 1. The first-order chi connectivity index (χ1) is 16.8. The molecule has 1 aliphatic carbocycles. The van der Waals surface area contributed by atoms with Gasteiger partial charge in [-0.25, -0.2) is 13.9 Å². The molecule has 1 aromatic heterocycles. The van der Waals surface area contributed by atoms with Crippen molar-refractivity contribution in [3.8, 4) is 5.75 Å². The van der Waals surface area contributed by atoms with E-state index in [9.17, 15) is 18.4 Å². The molecule has 0 radical (unpaired) electrons. The van der Waals surface area contributed by atoms with Crippen molar-refractivity contribution in [3.05, 3.63) is 54.4 Å². The van der Waals surface area contributed by atoms with Gasteiger partial charge in [0.1, 0.15) is 11.8 Å². The predicted molar refractivity (Wildman–Crippen MR) is 130 cm³/mol. The number of aromatic nitrogens is 1. The average molecular weight is 506 g/mol. The maximum absolute atomic E-state index is 13.9. The minimum atomic E-state index is -4.11. The summed E-state index contributed by atoms with van der Waals surface area (Å²) in [5.41, 5.74) is 2.40. The Morgan fingerprint density at radius 2 is 1.74 bits per heavy atom. The molecular formula is C25H35N3O6S. The first-order valence-electron chi connectivity index (χ1n) is 11.9. The quantitative estimate of drug-likeness (QED) is 0.355. The van der Waals surface area contributed by atoms with Crippen molar-refractivity contribution in [2.75, 3.05) is 13.7 Å². The summed E-state index contributed by atoms with van der Waals surface area (Å²) in [7, 11) is -2.61. The number of amides is 1. The summed E-state index contributed by atoms with van der Waals surface area (Å²) in [4.78, 5) is 17.0. The molecule has 9 nitrogen and oxygen atoms in total. The molecule has 10 heteroatoms. The van der Waals surface area contributed by atoms with E-state index < -0.39 is 22.0 Å². The maximum Gasteiger partial charge on any atom is 0.262 e. The summed E-state index contributed by atoms with van der Waals surface area (Å²) < 4.78 is 40.1. The first-order valence-corrected chi connectivity index (χ1v) is 13.3. The van der Waals surface area contributed by atoms with Crippen LogP contribution in [0.5, 0.6) is 5.75 Å². The fourth-order valence-corrected chi connectivity index (χ4v) is 6.07. The van der Waals surface area contributed by atoms with Gasteiger partial charge in [0.15, 0.2) is 0 Å². The van der Waals surface area contributed by atoms with E-state index in [1.807, 2.05) is 0 Å². The van der Waals surface area contributed by atoms with Gasteiger partial charge < -0.3 is 9.47 Å². The second-order valence-corrected chi connectivity index (χ2v) is 11.2. The van der Waals surface area contributed by atoms with Gasteiger partial charge in [0.25, 0.3) is 5.91 Å². The van der Waals surface area contributed by atoms with Gasteiger partial charge in [-0.2, -0.15) is 4.31 Å². The zero-order chi connectivity index (χ0) is 25.4. The molecule has 1 heterocycles. The van der Waals surface area contributed by atoms with Crippen molar-refractivity contribution >= 4 is 15.9 Å². The number of methoxy groups -OCH3 is 1. The van der Waals surface area contributed by atoms with Gasteiger partial charge in [0.05, 0.1) is 18.1 Å². The van der Waals surface area contributed by atoms with Crippen molar-refractivity contribution in [1.82, 2.24) is 14.8 Å². The van der Waals surface area contributed by atoms with Crippen LogP contribution in [0.2, 0.25) is 0 Å². The van der Waals surface area contributed by atoms with Crippen molar-refractivity contribution in [2.45, 2.75) is 63.1 Å². The zero-order valence-electron chi connectivity index (χ0n) is 20.5. The van der Waals surface area contributed by atoms with Gasteiger partial charge in [-0.3, -0.25) is 15.0 Å². The molecule has 0 bridgehead atoms. The van der Waals surface area contributed by atoms with Crippen molar-refractivity contribution < 1.29 is 27.9 Å². The number of carbonyl (C=O) groups is 1. The molecule has 1 fully saturated rings. The van der Waals surface area contributed by atoms with Crippen molar-refractivity contribution in [1.29, 1.82) is 0 Å². The fourth-order valence-electron chi connectivity index (χ4n) is 4.43. The van der Waals surface area contributed by atoms with E-state index in [2.05, 4.69) is 18.8 Å². The number of nitrogens with one attached hydrogen (secondary N) is 1. The maximum atomic E-state index is 13.9. The lowest BCUT2D eigenvalue weighted by molar-refractivity contribution is -0.136. The van der Waals surface area contributed by atoms with Crippen LogP contribution in [-0.2, 0) is 26.1 Å². The van der Waals surface area contributed by atoms with Crippen LogP contribution < -0.4 is 10.2 Å². The summed E-state index contributed by atoms with van der Waals surface area (Å²) in [5, 5.41) is 9.58. The van der Waals surface area contributed by atoms with Gasteiger partial charge in [0, 0.05) is 25.5 Å². The molecule has 192 valence electrons. The molecule has 0 aliphatic heterocycles. The lowest BCUT2D eigenvalue weighted by Gasteiger charge is -2.38. The van der Waals surface area contributed by atoms with Gasteiger partial charge in [-0.15, -0.1) is 0 Å². The van der Waals surface area contributed by atoms with Gasteiger partial charge >= 0.3 is 0 Å². The molecular weight excluding hydrogens is 470 g/mol. The number of nitrogens with zero attached hydrogens (tertiary/aromatic N) is 2. The van der Waals surface area contributed by atoms with E-state index in [1.165, 1.54) is 23.5 Å². The summed E-state index contributed by atoms with van der Waals surface area (Å²) in [6.45, 7) is 4.80. The third kappa shape index (κ3) is 7.00. The van der Waals surface area contributed by atoms with Crippen molar-refractivity contribution in [3.63, 3.8) is 0 Å². The molecule has 1 saturated carbocycles. The Labute approximate surface area is 207 Å². The minimum Gasteiger partial charge on any atom is -0.497 e. The number of carbonyl (C=O) groups excluding carboxylic acids is 1. The molecule has 35 heavy (non-hydrogen) atoms. The first kappa shape index (κ1) is 27.1. The Hall–Kier alpha value is -2.53. The number of rotatable bonds is 11. The second-order valence-electron chi connectivity index (χ2n) is 9.27. The Morgan fingerprint density at radius 3 is 2.29 bits per heavy atom. The van der Waals surface area contributed by atoms with Crippen LogP contribution in [0.1, 0.15) is 45.1 Å². The number of hydrogen-bond acceptors (Lipinski definition) is 7. The van der Waals surface area contributed by atoms with E-state index in [0.29, 0.717) is 36.7 Å². The molecule has 1 aliphatic rings. The number of hydroxylamine groups is 1. The normalized spacial score (nSPS) is 19.5. The molecule has 0 saturated heterocycles. The highest BCUT2D eigenvalue weighted by Gasteiger charge is 2.42. The Bertz CT molecular complexity index is 1040. The van der Waals surface area contributed by atoms with E-state index in [4.69, 9.17) is 9.47 Å². The number of hydrogen-bond donors (Lipinski definition) is 2. The van der Waals surface area contributed by atoms with Crippen molar-refractivity contribution in [2.24, 2.45) is 11.8 Å². The molecule has 2 N–H and O–H groups in total. The molecule has 1 atom stereocenters. The lowest BCUT2D eigenvalue weighted by Crippen LogP contribution is -2.53. The third-order valence-electron chi connectivity index (χ3n) is 6.27. The topological polar surface area (TPSA) is 118 Å². The zero-order valence-corrected chi connectivity index (χ0v) is 21.3. The minimum absolute atomic E-state index is 0.0389. The predicted octanol–water partition coefficient (Wildman–Crippen LogP) is 3.39. The third-order valence-corrected chi connectivity index (χ3v) is 8.12. The Morgan fingerprint density at radius 1 is 1.11 bits per heavy atom. The monoisotopic (exact) mass is 505 g/mol. The highest BCUT2D eigenvalue weighted by molar-refractivity contribution is 7.89.